The maximum Gasteiger partial charge on any atom is 0.188 e. The minimum absolute atomic E-state index is 0.0470. The highest BCUT2D eigenvalue weighted by atomic mass is 16.5. The lowest BCUT2D eigenvalue weighted by Crippen LogP contribution is -2.29. The van der Waals surface area contributed by atoms with Gasteiger partial charge in [-0.3, -0.25) is 9.79 Å². The van der Waals surface area contributed by atoms with E-state index in [1.165, 1.54) is 0 Å². The van der Waals surface area contributed by atoms with Gasteiger partial charge in [0, 0.05) is 23.5 Å². The second-order valence-electron chi connectivity index (χ2n) is 5.98. The Morgan fingerprint density at radius 2 is 1.76 bits per heavy atom. The molecule has 25 heavy (non-hydrogen) atoms. The first-order valence-electron chi connectivity index (χ1n) is 8.22. The monoisotopic (exact) mass is 330 g/mol. The van der Waals surface area contributed by atoms with Gasteiger partial charge in [0.05, 0.1) is 12.8 Å². The van der Waals surface area contributed by atoms with Gasteiger partial charge < -0.3 is 9.30 Å². The van der Waals surface area contributed by atoms with E-state index < -0.39 is 6.04 Å². The first-order valence-corrected chi connectivity index (χ1v) is 8.22. The second-order valence-corrected chi connectivity index (χ2v) is 5.98. The molecule has 0 aliphatic carbocycles. The van der Waals surface area contributed by atoms with E-state index in [1.54, 1.807) is 7.11 Å². The van der Waals surface area contributed by atoms with Gasteiger partial charge in [0.2, 0.25) is 0 Å². The zero-order chi connectivity index (χ0) is 17.2. The normalized spacial score (nSPS) is 18.6. The maximum atomic E-state index is 13.3. The Morgan fingerprint density at radius 3 is 2.56 bits per heavy atom. The van der Waals surface area contributed by atoms with Crippen molar-refractivity contribution in [3.63, 3.8) is 0 Å². The van der Waals surface area contributed by atoms with Gasteiger partial charge in [-0.15, -0.1) is 0 Å². The Bertz CT molecular complexity index is 928. The quantitative estimate of drug-likeness (QED) is 0.676. The van der Waals surface area contributed by atoms with Crippen LogP contribution < -0.4 is 4.74 Å². The van der Waals surface area contributed by atoms with Crippen LogP contribution in [0.3, 0.4) is 0 Å². The average molecular weight is 330 g/mol. The first kappa shape index (κ1) is 15.4. The first-order chi connectivity index (χ1) is 12.3. The number of para-hydroxylation sites is 1. The molecular formula is C21H18N2O2. The summed E-state index contributed by atoms with van der Waals surface area (Å²) >= 11 is 0. The molecule has 1 aliphatic rings. The van der Waals surface area contributed by atoms with Gasteiger partial charge >= 0.3 is 0 Å². The summed E-state index contributed by atoms with van der Waals surface area (Å²) in [6.07, 6.45) is 3.76. The zero-order valence-corrected chi connectivity index (χ0v) is 13.9. The molecule has 1 aromatic heterocycles. The summed E-state index contributed by atoms with van der Waals surface area (Å²) in [5, 5.41) is 0. The molecule has 0 unspecified atom stereocenters. The predicted octanol–water partition coefficient (Wildman–Crippen LogP) is 4.09. The summed E-state index contributed by atoms with van der Waals surface area (Å²) in [7, 11) is 1.64. The molecule has 0 saturated heterocycles. The molecule has 2 atom stereocenters. The fourth-order valence-corrected chi connectivity index (χ4v) is 3.36. The zero-order valence-electron chi connectivity index (χ0n) is 13.9. The number of carbonyl (C=O) groups is 1. The highest BCUT2D eigenvalue weighted by Gasteiger charge is 2.35. The fraction of sp³-hybridized carbons (Fsp3) is 0.143. The Kier molecular flexibility index (Phi) is 3.94. The van der Waals surface area contributed by atoms with Gasteiger partial charge in [-0.2, -0.15) is 0 Å². The SMILES string of the molecule is COc1ccccc1[C@H]1N=Cc2cccn2[C@@H]1C(=O)c1ccccc1. The molecule has 0 N–H and O–H groups in total. The molecule has 1 aliphatic heterocycles. The van der Waals surface area contributed by atoms with Gasteiger partial charge in [0.15, 0.2) is 5.78 Å². The van der Waals surface area contributed by atoms with Crippen LogP contribution >= 0.6 is 0 Å². The molecule has 0 saturated carbocycles. The van der Waals surface area contributed by atoms with Gasteiger partial charge in [0.25, 0.3) is 0 Å². The van der Waals surface area contributed by atoms with Crippen molar-refractivity contribution in [2.75, 3.05) is 7.11 Å². The van der Waals surface area contributed by atoms with Gasteiger partial charge in [-0.05, 0) is 18.2 Å². The van der Waals surface area contributed by atoms with E-state index in [0.717, 1.165) is 17.0 Å². The van der Waals surface area contributed by atoms with Gasteiger partial charge in [-0.25, -0.2) is 0 Å². The van der Waals surface area contributed by atoms with Crippen LogP contribution in [0.25, 0.3) is 0 Å². The van der Waals surface area contributed by atoms with Crippen LogP contribution in [0, 0.1) is 0 Å². The fourth-order valence-electron chi connectivity index (χ4n) is 3.36. The number of nitrogens with zero attached hydrogens (tertiary/aromatic N) is 2. The van der Waals surface area contributed by atoms with Crippen molar-refractivity contribution < 1.29 is 9.53 Å². The number of aliphatic imine (C=N–C) groups is 1. The summed E-state index contributed by atoms with van der Waals surface area (Å²) < 4.78 is 7.51. The van der Waals surface area contributed by atoms with Crippen molar-refractivity contribution >= 4 is 12.0 Å². The number of carbonyl (C=O) groups excluding carboxylic acids is 1. The number of ether oxygens (including phenoxy) is 1. The van der Waals surface area contributed by atoms with Crippen molar-refractivity contribution in [2.24, 2.45) is 4.99 Å². The number of aromatic nitrogens is 1. The summed E-state index contributed by atoms with van der Waals surface area (Å²) in [5.41, 5.74) is 2.53. The molecule has 4 nitrogen and oxygen atoms in total. The van der Waals surface area contributed by atoms with Crippen molar-refractivity contribution in [1.82, 2.24) is 4.57 Å². The van der Waals surface area contributed by atoms with Crippen LogP contribution in [-0.2, 0) is 0 Å². The standard InChI is InChI=1S/C21H18N2O2/c1-25-18-12-6-5-11-17(18)19-20(21(24)15-8-3-2-4-9-15)23-13-7-10-16(23)14-22-19/h2-14,19-20H,1H3/t19-,20+/m1/s1. The van der Waals surface area contributed by atoms with E-state index in [2.05, 4.69) is 0 Å². The lowest BCUT2D eigenvalue weighted by molar-refractivity contribution is 0.0905. The highest BCUT2D eigenvalue weighted by Crippen LogP contribution is 2.40. The summed E-state index contributed by atoms with van der Waals surface area (Å²) in [4.78, 5) is 18.0. The molecule has 0 bridgehead atoms. The van der Waals surface area contributed by atoms with E-state index in [0.29, 0.717) is 5.56 Å². The van der Waals surface area contributed by atoms with Crippen LogP contribution in [0.5, 0.6) is 5.75 Å². The average Bonchev–Trinajstić information content (AvgIpc) is 3.16. The van der Waals surface area contributed by atoms with Gasteiger partial charge in [0.1, 0.15) is 17.8 Å². The Morgan fingerprint density at radius 1 is 1.00 bits per heavy atom. The third kappa shape index (κ3) is 2.66. The van der Waals surface area contributed by atoms with Crippen molar-refractivity contribution in [1.29, 1.82) is 0 Å². The Balaban J connectivity index is 1.84. The molecule has 2 aromatic carbocycles. The van der Waals surface area contributed by atoms with Crippen LogP contribution in [0.4, 0.5) is 0 Å². The third-order valence-electron chi connectivity index (χ3n) is 4.56. The lowest BCUT2D eigenvalue weighted by Gasteiger charge is -2.30. The Hall–Kier alpha value is -3.14. The van der Waals surface area contributed by atoms with Crippen molar-refractivity contribution in [3.8, 4) is 5.75 Å². The molecule has 4 heteroatoms. The number of ketones is 1. The highest BCUT2D eigenvalue weighted by molar-refractivity contribution is 6.00. The molecular weight excluding hydrogens is 312 g/mol. The van der Waals surface area contributed by atoms with Crippen LogP contribution in [0.2, 0.25) is 0 Å². The minimum Gasteiger partial charge on any atom is -0.496 e. The number of benzene rings is 2. The van der Waals surface area contributed by atoms with E-state index in [1.807, 2.05) is 83.7 Å². The topological polar surface area (TPSA) is 43.6 Å². The van der Waals surface area contributed by atoms with Crippen LogP contribution in [0.15, 0.2) is 77.9 Å². The molecule has 4 rings (SSSR count). The Labute approximate surface area is 146 Å². The smallest absolute Gasteiger partial charge is 0.188 e. The molecule has 0 fully saturated rings. The molecule has 0 radical (unpaired) electrons. The second kappa shape index (κ2) is 6.40. The van der Waals surface area contributed by atoms with E-state index in [-0.39, 0.29) is 11.8 Å². The largest absolute Gasteiger partial charge is 0.496 e. The summed E-state index contributed by atoms with van der Waals surface area (Å²) in [5.74, 6) is 0.789. The van der Waals surface area contributed by atoms with Crippen molar-refractivity contribution in [3.05, 3.63) is 89.7 Å². The van der Waals surface area contributed by atoms with Crippen molar-refractivity contribution in [2.45, 2.75) is 12.1 Å². The predicted molar refractivity (Wildman–Crippen MR) is 97.6 cm³/mol. The molecule has 124 valence electrons. The van der Waals surface area contributed by atoms with Gasteiger partial charge in [-0.1, -0.05) is 48.5 Å². The third-order valence-corrected chi connectivity index (χ3v) is 4.56. The maximum absolute atomic E-state index is 13.3. The van der Waals surface area contributed by atoms with E-state index >= 15 is 0 Å². The van der Waals surface area contributed by atoms with E-state index in [4.69, 9.17) is 9.73 Å². The number of rotatable bonds is 4. The molecule has 2 heterocycles. The number of Topliss-reactive ketones (excluding diaryl/α,β-unsaturated/α-hetero) is 1. The number of hydrogen-bond donors (Lipinski definition) is 0. The van der Waals surface area contributed by atoms with E-state index in [9.17, 15) is 4.79 Å². The molecule has 0 amide bonds. The molecule has 3 aromatic rings. The van der Waals surface area contributed by atoms with Crippen LogP contribution in [-0.4, -0.2) is 23.7 Å². The number of fused-ring (bicyclic) bond motifs is 1. The molecule has 0 spiro atoms. The van der Waals surface area contributed by atoms with Crippen LogP contribution in [0.1, 0.15) is 33.7 Å². The number of hydrogen-bond acceptors (Lipinski definition) is 3. The minimum atomic E-state index is -0.436. The number of methoxy groups -OCH3 is 1. The lowest BCUT2D eigenvalue weighted by atomic mass is 9.91. The summed E-state index contributed by atoms with van der Waals surface area (Å²) in [6, 6.07) is 20.3. The summed E-state index contributed by atoms with van der Waals surface area (Å²) in [6.45, 7) is 0.